The van der Waals surface area contributed by atoms with Crippen LogP contribution in [-0.4, -0.2) is 27.2 Å². The number of fused-ring (bicyclic) bond motifs is 1. The van der Waals surface area contributed by atoms with Crippen molar-refractivity contribution >= 4 is 33.5 Å². The summed E-state index contributed by atoms with van der Waals surface area (Å²) in [7, 11) is 0. The number of hydrogen-bond donors (Lipinski definition) is 1. The highest BCUT2D eigenvalue weighted by atomic mass is 79.9. The zero-order valence-corrected chi connectivity index (χ0v) is 11.5. The molecule has 0 saturated carbocycles. The molecule has 18 heavy (non-hydrogen) atoms. The van der Waals surface area contributed by atoms with Crippen LogP contribution in [-0.2, 0) is 4.74 Å². The monoisotopic (exact) mass is 312 g/mol. The van der Waals surface area contributed by atoms with Crippen LogP contribution in [0.5, 0.6) is 0 Å². The Bertz CT molecular complexity index is 582. The molecule has 0 aliphatic carbocycles. The molecule has 0 atom stereocenters. The standard InChI is InChI=1S/C11H13BrN4O2/c1-2-3-6-18-10(17)7-4-5-8-14-11(13)15-16(8)9(7)12/h4-5H,2-3,6H2,1H3,(H2,13,15). The van der Waals surface area contributed by atoms with E-state index >= 15 is 0 Å². The number of rotatable bonds is 4. The first kappa shape index (κ1) is 12.8. The smallest absolute Gasteiger partial charge is 0.340 e. The van der Waals surface area contributed by atoms with E-state index in [0.717, 1.165) is 12.8 Å². The molecule has 6 nitrogen and oxygen atoms in total. The second-order valence-electron chi connectivity index (χ2n) is 3.77. The summed E-state index contributed by atoms with van der Waals surface area (Å²) in [5.41, 5.74) is 6.48. The Balaban J connectivity index is 2.28. The first-order valence-corrected chi connectivity index (χ1v) is 6.40. The summed E-state index contributed by atoms with van der Waals surface area (Å²) in [5, 5.41) is 3.98. The van der Waals surface area contributed by atoms with Gasteiger partial charge in [0.05, 0.1) is 12.2 Å². The maximum atomic E-state index is 11.8. The second-order valence-corrected chi connectivity index (χ2v) is 4.52. The van der Waals surface area contributed by atoms with Gasteiger partial charge in [0.2, 0.25) is 5.95 Å². The fourth-order valence-electron chi connectivity index (χ4n) is 1.47. The molecule has 0 fully saturated rings. The lowest BCUT2D eigenvalue weighted by molar-refractivity contribution is 0.0498. The summed E-state index contributed by atoms with van der Waals surface area (Å²) >= 11 is 3.31. The molecule has 0 aromatic carbocycles. The van der Waals surface area contributed by atoms with Gasteiger partial charge < -0.3 is 10.5 Å². The molecule has 96 valence electrons. The molecule has 0 unspecified atom stereocenters. The van der Waals surface area contributed by atoms with Crippen molar-refractivity contribution in [1.29, 1.82) is 0 Å². The van der Waals surface area contributed by atoms with Crippen LogP contribution in [0, 0.1) is 0 Å². The van der Waals surface area contributed by atoms with Crippen molar-refractivity contribution in [2.24, 2.45) is 0 Å². The normalized spacial score (nSPS) is 10.8. The highest BCUT2D eigenvalue weighted by Crippen LogP contribution is 2.19. The van der Waals surface area contributed by atoms with Crippen LogP contribution in [0.4, 0.5) is 5.95 Å². The largest absolute Gasteiger partial charge is 0.462 e. The molecule has 2 N–H and O–H groups in total. The Morgan fingerprint density at radius 3 is 3.06 bits per heavy atom. The van der Waals surface area contributed by atoms with Crippen LogP contribution in [0.3, 0.4) is 0 Å². The fourth-order valence-corrected chi connectivity index (χ4v) is 2.03. The lowest BCUT2D eigenvalue weighted by Gasteiger charge is -2.06. The van der Waals surface area contributed by atoms with E-state index < -0.39 is 0 Å². The number of unbranched alkanes of at least 4 members (excludes halogenated alkanes) is 1. The third kappa shape index (κ3) is 2.45. The highest BCUT2D eigenvalue weighted by molar-refractivity contribution is 9.10. The lowest BCUT2D eigenvalue weighted by atomic mass is 10.3. The number of halogens is 1. The summed E-state index contributed by atoms with van der Waals surface area (Å²) < 4.78 is 7.10. The number of ether oxygens (including phenoxy) is 1. The minimum atomic E-state index is -0.383. The number of aromatic nitrogens is 3. The molecule has 0 amide bonds. The number of nitrogen functional groups attached to an aromatic ring is 1. The zero-order valence-electron chi connectivity index (χ0n) is 9.89. The van der Waals surface area contributed by atoms with E-state index in [1.807, 2.05) is 6.92 Å². The first-order valence-electron chi connectivity index (χ1n) is 5.61. The van der Waals surface area contributed by atoms with Crippen LogP contribution < -0.4 is 5.73 Å². The summed E-state index contributed by atoms with van der Waals surface area (Å²) in [5.74, 6) is -0.224. The predicted molar refractivity (Wildman–Crippen MR) is 70.3 cm³/mol. The maximum absolute atomic E-state index is 11.8. The van der Waals surface area contributed by atoms with Crippen LogP contribution in [0.2, 0.25) is 0 Å². The van der Waals surface area contributed by atoms with Gasteiger partial charge in [-0.2, -0.15) is 4.98 Å². The molecule has 2 aromatic heterocycles. The van der Waals surface area contributed by atoms with Crippen molar-refractivity contribution in [1.82, 2.24) is 14.6 Å². The molecule has 7 heteroatoms. The van der Waals surface area contributed by atoms with E-state index in [9.17, 15) is 4.79 Å². The molecular formula is C11H13BrN4O2. The van der Waals surface area contributed by atoms with Crippen molar-refractivity contribution in [2.45, 2.75) is 19.8 Å². The van der Waals surface area contributed by atoms with Gasteiger partial charge in [0, 0.05) is 0 Å². The van der Waals surface area contributed by atoms with E-state index in [1.54, 1.807) is 12.1 Å². The van der Waals surface area contributed by atoms with E-state index in [1.165, 1.54) is 4.52 Å². The van der Waals surface area contributed by atoms with Crippen LogP contribution >= 0.6 is 15.9 Å². The molecule has 0 aliphatic heterocycles. The van der Waals surface area contributed by atoms with E-state index in [0.29, 0.717) is 22.4 Å². The molecule has 2 heterocycles. The number of carbonyl (C=O) groups excluding carboxylic acids is 1. The highest BCUT2D eigenvalue weighted by Gasteiger charge is 2.15. The molecular weight excluding hydrogens is 300 g/mol. The fraction of sp³-hybridized carbons (Fsp3) is 0.364. The van der Waals surface area contributed by atoms with Crippen molar-refractivity contribution < 1.29 is 9.53 Å². The number of carbonyl (C=O) groups is 1. The topological polar surface area (TPSA) is 82.5 Å². The molecule has 0 radical (unpaired) electrons. The average molecular weight is 313 g/mol. The summed E-state index contributed by atoms with van der Waals surface area (Å²) in [6.07, 6.45) is 1.83. The summed E-state index contributed by atoms with van der Waals surface area (Å²) in [4.78, 5) is 15.8. The minimum Gasteiger partial charge on any atom is -0.462 e. The van der Waals surface area contributed by atoms with Crippen molar-refractivity contribution in [3.8, 4) is 0 Å². The van der Waals surface area contributed by atoms with Gasteiger partial charge in [-0.1, -0.05) is 13.3 Å². The van der Waals surface area contributed by atoms with Gasteiger partial charge in [-0.05, 0) is 34.5 Å². The maximum Gasteiger partial charge on any atom is 0.340 e. The van der Waals surface area contributed by atoms with Crippen LogP contribution in [0.15, 0.2) is 16.7 Å². The predicted octanol–water partition coefficient (Wildman–Crippen LogP) is 2.03. The first-order chi connectivity index (χ1) is 8.63. The number of nitrogens with zero attached hydrogens (tertiary/aromatic N) is 3. The van der Waals surface area contributed by atoms with Gasteiger partial charge in [0.15, 0.2) is 5.65 Å². The number of anilines is 1. The van der Waals surface area contributed by atoms with Gasteiger partial charge in [-0.25, -0.2) is 9.31 Å². The molecule has 2 rings (SSSR count). The van der Waals surface area contributed by atoms with Crippen molar-refractivity contribution in [3.05, 3.63) is 22.3 Å². The number of pyridine rings is 1. The number of nitrogens with two attached hydrogens (primary N) is 1. The van der Waals surface area contributed by atoms with E-state index in [-0.39, 0.29) is 11.9 Å². The summed E-state index contributed by atoms with van der Waals surface area (Å²) in [6, 6.07) is 3.31. The second kappa shape index (κ2) is 5.34. The zero-order chi connectivity index (χ0) is 13.1. The van der Waals surface area contributed by atoms with Gasteiger partial charge in [0.25, 0.3) is 0 Å². The quantitative estimate of drug-likeness (QED) is 0.530. The Morgan fingerprint density at radius 1 is 1.56 bits per heavy atom. The number of esters is 1. The van der Waals surface area contributed by atoms with E-state index in [4.69, 9.17) is 10.5 Å². The molecule has 2 aromatic rings. The van der Waals surface area contributed by atoms with Gasteiger partial charge in [0.1, 0.15) is 4.60 Å². The van der Waals surface area contributed by atoms with Crippen molar-refractivity contribution in [2.75, 3.05) is 12.3 Å². The Morgan fingerprint density at radius 2 is 2.33 bits per heavy atom. The Hall–Kier alpha value is -1.63. The SMILES string of the molecule is CCCCOC(=O)c1ccc2nc(N)nn2c1Br. The molecule has 0 spiro atoms. The van der Waals surface area contributed by atoms with Crippen LogP contribution in [0.25, 0.3) is 5.65 Å². The van der Waals surface area contributed by atoms with Gasteiger partial charge in [-0.3, -0.25) is 0 Å². The summed E-state index contributed by atoms with van der Waals surface area (Å²) in [6.45, 7) is 2.45. The third-order valence-corrected chi connectivity index (χ3v) is 3.17. The lowest BCUT2D eigenvalue weighted by Crippen LogP contribution is -2.09. The average Bonchev–Trinajstić information content (AvgIpc) is 2.71. The minimum absolute atomic E-state index is 0.159. The Labute approximate surface area is 112 Å². The molecule has 0 bridgehead atoms. The third-order valence-electron chi connectivity index (χ3n) is 2.41. The van der Waals surface area contributed by atoms with Gasteiger partial charge in [-0.15, -0.1) is 5.10 Å². The Kier molecular flexibility index (Phi) is 3.81. The number of hydrogen-bond acceptors (Lipinski definition) is 5. The molecule has 0 saturated heterocycles. The van der Waals surface area contributed by atoms with E-state index in [2.05, 4.69) is 26.0 Å². The van der Waals surface area contributed by atoms with Crippen LogP contribution in [0.1, 0.15) is 30.1 Å². The van der Waals surface area contributed by atoms with Crippen molar-refractivity contribution in [3.63, 3.8) is 0 Å². The molecule has 0 aliphatic rings. The van der Waals surface area contributed by atoms with Gasteiger partial charge >= 0.3 is 5.97 Å².